The molecule has 0 aromatic carbocycles. The second kappa shape index (κ2) is 25.7. The van der Waals surface area contributed by atoms with Gasteiger partial charge < -0.3 is 38.8 Å². The lowest BCUT2D eigenvalue weighted by Gasteiger charge is -2.42. The summed E-state index contributed by atoms with van der Waals surface area (Å²) in [4.78, 5) is 72.3. The summed E-state index contributed by atoms with van der Waals surface area (Å²) in [7, 11) is 4.62. The number of carbonyl (C=O) groups is 5. The normalized spacial score (nSPS) is 38.8. The number of aliphatic hydroxyl groups is 2. The molecule has 1 aliphatic carbocycles. The fourth-order valence-corrected chi connectivity index (χ4v) is 10.7. The smallest absolute Gasteiger partial charge is 0.329 e. The molecule has 3 fully saturated rings. The van der Waals surface area contributed by atoms with E-state index in [0.717, 1.165) is 18.4 Å². The van der Waals surface area contributed by atoms with E-state index in [9.17, 15) is 34.2 Å². The van der Waals surface area contributed by atoms with Gasteiger partial charge in [-0.2, -0.15) is 0 Å². The summed E-state index contributed by atoms with van der Waals surface area (Å²) in [5.41, 5.74) is 1.27. The number of hydrogen-bond donors (Lipinski definition) is 2. The molecule has 2 unspecified atom stereocenters. The van der Waals surface area contributed by atoms with Gasteiger partial charge in [-0.1, -0.05) is 71.1 Å². The van der Waals surface area contributed by atoms with Crippen LogP contribution < -0.4 is 0 Å². The fraction of sp³-hybridized carbons (Fsp3) is 0.731. The van der Waals surface area contributed by atoms with Crippen LogP contribution in [-0.2, 0) is 47.7 Å². The van der Waals surface area contributed by atoms with Crippen LogP contribution in [0.4, 0.5) is 0 Å². The number of aliphatic hydroxyl groups excluding tert-OH is 1. The number of ketones is 3. The molecule has 17 heteroatoms. The molecule has 4 aliphatic rings. The van der Waals surface area contributed by atoms with Crippen molar-refractivity contribution in [3.63, 3.8) is 0 Å². The van der Waals surface area contributed by atoms with Gasteiger partial charge in [0.2, 0.25) is 5.79 Å². The van der Waals surface area contributed by atoms with E-state index in [1.807, 2.05) is 58.1 Å². The number of Topliss-reactive ketones (excluding diaryl/α,β-unsaturated/α-hetero) is 3. The zero-order valence-corrected chi connectivity index (χ0v) is 42.5. The average molecular weight is 966 g/mol. The van der Waals surface area contributed by atoms with Gasteiger partial charge in [0.15, 0.2) is 5.78 Å². The summed E-state index contributed by atoms with van der Waals surface area (Å²) in [6, 6.07) is -1.19. The van der Waals surface area contributed by atoms with Crippen molar-refractivity contribution in [2.24, 2.45) is 35.5 Å². The number of aromatic nitrogens is 4. The molecule has 384 valence electrons. The number of hydrogen-bond acceptors (Lipinski definition) is 15. The van der Waals surface area contributed by atoms with E-state index in [-0.39, 0.29) is 60.9 Å². The number of ether oxygens (including phenoxy) is 5. The number of esters is 1. The molecule has 2 bridgehead atoms. The van der Waals surface area contributed by atoms with Crippen molar-refractivity contribution < 1.29 is 57.9 Å². The standard InChI is InChI=1S/C52H79N5O12/c1-31-16-12-11-13-17-32(2)43(65-8)28-39-21-19-37(7)52(64,69-39)49(61)50(62)56-23-15-14-18-41(56)51(63)68-44(34(4)26-38-20-22-40(45(27-38)66-9)57-30-53-54-55-57)29-42(58)33(3)25-36(6)47(60)48(67-10)46(59)35(5)24-31/h11-13,16-17,25,30-31,33-35,37-41,43-45,47-48,60,64H,14-15,18-24,26-29H2,1-10H3/b13-11+,16-12+,32-17+,36-25+/t31-,33-,34-,35-,37-,38?,39+,40?,41+,43+,44+,45-,47-,48+,52-/m1/s1. The van der Waals surface area contributed by atoms with Crippen LogP contribution in [0.15, 0.2) is 53.9 Å². The third kappa shape index (κ3) is 14.2. The highest BCUT2D eigenvalue weighted by molar-refractivity contribution is 6.39. The molecule has 0 radical (unpaired) electrons. The zero-order chi connectivity index (χ0) is 50.6. The van der Waals surface area contributed by atoms with E-state index in [1.54, 1.807) is 52.1 Å². The van der Waals surface area contributed by atoms with Gasteiger partial charge in [0.1, 0.15) is 36.5 Å². The minimum absolute atomic E-state index is 0.0170. The highest BCUT2D eigenvalue weighted by Gasteiger charge is 2.53. The summed E-state index contributed by atoms with van der Waals surface area (Å²) in [6.07, 6.45) is 13.9. The first-order valence-corrected chi connectivity index (χ1v) is 25.0. The predicted octanol–water partition coefficient (Wildman–Crippen LogP) is 6.05. The lowest BCUT2D eigenvalue weighted by Crippen LogP contribution is -2.61. The molecule has 1 saturated carbocycles. The van der Waals surface area contributed by atoms with Crippen molar-refractivity contribution in [3.05, 3.63) is 53.9 Å². The summed E-state index contributed by atoms with van der Waals surface area (Å²) in [5.74, 6) is -7.92. The largest absolute Gasteiger partial charge is 0.460 e. The SMILES string of the molecule is CO[C@H]1C[C@@H]2CC[C@@H](C)[C@@](O)(O2)C(=O)C(=O)N2CCCC[C@H]2C(=O)O[C@H]([C@H](C)CC2CCC(n3cnnn3)[C@H](OC)C2)CC(=O)[C@H](C)/C=C(\C)[C@@H](O)[C@@H](OC)C(=O)[C@H](C)C[C@H](C)/C=C/C=C/C=C/1C. The van der Waals surface area contributed by atoms with Gasteiger partial charge in [-0.05, 0) is 117 Å². The summed E-state index contributed by atoms with van der Waals surface area (Å²) < 4.78 is 31.6. The maximum Gasteiger partial charge on any atom is 0.329 e. The second-order valence-corrected chi connectivity index (χ2v) is 20.4. The first-order chi connectivity index (χ1) is 32.8. The van der Waals surface area contributed by atoms with Gasteiger partial charge in [0.25, 0.3) is 11.7 Å². The molecule has 2 saturated heterocycles. The topological polar surface area (TPSA) is 219 Å². The first-order valence-electron chi connectivity index (χ1n) is 25.0. The number of allylic oxidation sites excluding steroid dienone is 6. The van der Waals surface area contributed by atoms with E-state index in [1.165, 1.54) is 12.0 Å². The molecule has 3 aliphatic heterocycles. The Morgan fingerprint density at radius 1 is 0.884 bits per heavy atom. The number of carbonyl (C=O) groups excluding carboxylic acids is 5. The highest BCUT2D eigenvalue weighted by atomic mass is 16.6. The lowest BCUT2D eigenvalue weighted by molar-refractivity contribution is -0.265. The number of methoxy groups -OCH3 is 3. The molecule has 1 aromatic rings. The molecule has 69 heavy (non-hydrogen) atoms. The maximum atomic E-state index is 14.5. The van der Waals surface area contributed by atoms with Crippen molar-refractivity contribution in [2.45, 2.75) is 180 Å². The Bertz CT molecular complexity index is 2020. The molecule has 1 aromatic heterocycles. The number of cyclic esters (lactones) is 1. The Kier molecular flexibility index (Phi) is 20.8. The van der Waals surface area contributed by atoms with E-state index in [4.69, 9.17) is 23.7 Å². The number of nitrogens with zero attached hydrogens (tertiary/aromatic N) is 5. The fourth-order valence-electron chi connectivity index (χ4n) is 10.7. The van der Waals surface area contributed by atoms with Crippen LogP contribution in [0.3, 0.4) is 0 Å². The minimum Gasteiger partial charge on any atom is -0.460 e. The van der Waals surface area contributed by atoms with E-state index >= 15 is 0 Å². The summed E-state index contributed by atoms with van der Waals surface area (Å²) >= 11 is 0. The van der Waals surface area contributed by atoms with E-state index in [2.05, 4.69) is 15.5 Å². The molecule has 17 nitrogen and oxygen atoms in total. The van der Waals surface area contributed by atoms with E-state index in [0.29, 0.717) is 56.9 Å². The number of tetrazole rings is 1. The van der Waals surface area contributed by atoms with Crippen molar-refractivity contribution in [3.8, 4) is 0 Å². The third-order valence-electron chi connectivity index (χ3n) is 15.2. The van der Waals surface area contributed by atoms with Crippen molar-refractivity contribution >= 4 is 29.2 Å². The van der Waals surface area contributed by atoms with Gasteiger partial charge in [-0.15, -0.1) is 5.10 Å². The molecule has 2 N–H and O–H groups in total. The molecule has 5 rings (SSSR count). The molecular formula is C52H79N5O12. The molecule has 0 spiro atoms. The number of fused-ring (bicyclic) bond motifs is 3. The first kappa shape index (κ1) is 55.7. The lowest BCUT2D eigenvalue weighted by atomic mass is 9.77. The van der Waals surface area contributed by atoms with E-state index < -0.39 is 77.8 Å². The van der Waals surface area contributed by atoms with Gasteiger partial charge >= 0.3 is 5.97 Å². The van der Waals surface area contributed by atoms with Crippen molar-refractivity contribution in [1.82, 2.24) is 25.1 Å². The maximum absolute atomic E-state index is 14.5. The Balaban J connectivity index is 1.46. The third-order valence-corrected chi connectivity index (χ3v) is 15.2. The van der Waals surface area contributed by atoms with Crippen LogP contribution in [-0.4, -0.2) is 141 Å². The number of amides is 1. The second-order valence-electron chi connectivity index (χ2n) is 20.4. The van der Waals surface area contributed by atoms with Crippen LogP contribution in [0.1, 0.15) is 132 Å². The Hall–Kier alpha value is -4.26. The van der Waals surface area contributed by atoms with Crippen molar-refractivity contribution in [1.29, 1.82) is 0 Å². The Morgan fingerprint density at radius 2 is 1.64 bits per heavy atom. The van der Waals surface area contributed by atoms with Crippen molar-refractivity contribution in [2.75, 3.05) is 27.9 Å². The van der Waals surface area contributed by atoms with Crippen LogP contribution in [0.25, 0.3) is 0 Å². The Morgan fingerprint density at radius 3 is 2.32 bits per heavy atom. The van der Waals surface area contributed by atoms with Crippen LogP contribution >= 0.6 is 0 Å². The van der Waals surface area contributed by atoms with Gasteiger partial charge in [-0.3, -0.25) is 19.2 Å². The molecule has 15 atom stereocenters. The minimum atomic E-state index is -2.43. The average Bonchev–Trinajstić information content (AvgIpc) is 3.88. The summed E-state index contributed by atoms with van der Waals surface area (Å²) in [6.45, 7) is 12.8. The summed E-state index contributed by atoms with van der Waals surface area (Å²) in [5, 5.41) is 35.2. The molecular weight excluding hydrogens is 887 g/mol. The quantitative estimate of drug-likeness (QED) is 0.181. The monoisotopic (exact) mass is 966 g/mol. The van der Waals surface area contributed by atoms with Crippen LogP contribution in [0.5, 0.6) is 0 Å². The van der Waals surface area contributed by atoms with Crippen LogP contribution in [0, 0.1) is 35.5 Å². The molecule has 4 heterocycles. The number of piperidine rings is 1. The van der Waals surface area contributed by atoms with Crippen LogP contribution in [0.2, 0.25) is 0 Å². The zero-order valence-electron chi connectivity index (χ0n) is 42.5. The van der Waals surface area contributed by atoms with Gasteiger partial charge in [0, 0.05) is 58.5 Å². The van der Waals surface area contributed by atoms with Gasteiger partial charge in [-0.25, -0.2) is 9.48 Å². The number of rotatable bonds is 7. The Labute approximate surface area is 408 Å². The predicted molar refractivity (Wildman–Crippen MR) is 256 cm³/mol. The highest BCUT2D eigenvalue weighted by Crippen LogP contribution is 2.39. The molecule has 1 amide bonds. The van der Waals surface area contributed by atoms with Gasteiger partial charge in [0.05, 0.1) is 24.4 Å².